The number of aromatic nitrogens is 2. The average molecular weight is 237 g/mol. The van der Waals surface area contributed by atoms with Crippen molar-refractivity contribution in [3.05, 3.63) is 22.7 Å². The van der Waals surface area contributed by atoms with Crippen molar-refractivity contribution in [3.8, 4) is 0 Å². The molecule has 0 spiro atoms. The van der Waals surface area contributed by atoms with Gasteiger partial charge in [-0.1, -0.05) is 6.92 Å². The van der Waals surface area contributed by atoms with E-state index in [0.29, 0.717) is 24.8 Å². The molecule has 0 aliphatic heterocycles. The molecule has 94 valence electrons. The molecule has 1 aliphatic carbocycles. The zero-order chi connectivity index (χ0) is 12.3. The normalized spacial score (nSPS) is 16.8. The largest absolute Gasteiger partial charge is 0.393 e. The van der Waals surface area contributed by atoms with Gasteiger partial charge in [0.05, 0.1) is 6.10 Å². The van der Waals surface area contributed by atoms with Crippen LogP contribution in [0.25, 0.3) is 0 Å². The topological polar surface area (TPSA) is 67.2 Å². The molecule has 1 saturated carbocycles. The van der Waals surface area contributed by atoms with Gasteiger partial charge in [0, 0.05) is 25.0 Å². The van der Waals surface area contributed by atoms with Crippen molar-refractivity contribution in [1.29, 1.82) is 0 Å². The third-order valence-corrected chi connectivity index (χ3v) is 3.05. The smallest absolute Gasteiger partial charge is 0.293 e. The summed E-state index contributed by atoms with van der Waals surface area (Å²) in [6.45, 7) is 2.51. The molecule has 5 nitrogen and oxygen atoms in total. The van der Waals surface area contributed by atoms with Crippen molar-refractivity contribution in [1.82, 2.24) is 9.55 Å². The summed E-state index contributed by atoms with van der Waals surface area (Å²) in [5.41, 5.74) is -0.0546. The van der Waals surface area contributed by atoms with E-state index < -0.39 is 0 Å². The molecule has 1 fully saturated rings. The van der Waals surface area contributed by atoms with Gasteiger partial charge in [-0.25, -0.2) is 4.98 Å². The van der Waals surface area contributed by atoms with Gasteiger partial charge in [-0.2, -0.15) is 0 Å². The Kier molecular flexibility index (Phi) is 3.78. The van der Waals surface area contributed by atoms with Crippen molar-refractivity contribution >= 4 is 5.82 Å². The summed E-state index contributed by atoms with van der Waals surface area (Å²) in [5, 5.41) is 12.4. The quantitative estimate of drug-likeness (QED) is 0.779. The highest BCUT2D eigenvalue weighted by molar-refractivity contribution is 5.31. The molecule has 2 rings (SSSR count). The van der Waals surface area contributed by atoms with Crippen LogP contribution in [-0.4, -0.2) is 27.3 Å². The molecular formula is C12H19N3O2. The SMILES string of the molecule is CCC(O)CCNc1nccn(C2CC2)c1=O. The van der Waals surface area contributed by atoms with Gasteiger partial charge in [0.25, 0.3) is 5.56 Å². The van der Waals surface area contributed by atoms with Crippen LogP contribution in [0.2, 0.25) is 0 Å². The number of aliphatic hydroxyl groups excluding tert-OH is 1. The maximum atomic E-state index is 12.0. The summed E-state index contributed by atoms with van der Waals surface area (Å²) < 4.78 is 1.74. The standard InChI is InChI=1S/C12H19N3O2/c1-2-10(16)5-6-13-11-12(17)15(8-7-14-11)9-3-4-9/h7-10,16H,2-6H2,1H3,(H,13,14). The van der Waals surface area contributed by atoms with Gasteiger partial charge < -0.3 is 15.0 Å². The molecule has 2 N–H and O–H groups in total. The van der Waals surface area contributed by atoms with Crippen molar-refractivity contribution in [3.63, 3.8) is 0 Å². The summed E-state index contributed by atoms with van der Waals surface area (Å²) in [6, 6.07) is 0.368. The van der Waals surface area contributed by atoms with Crippen LogP contribution in [0.5, 0.6) is 0 Å². The van der Waals surface area contributed by atoms with Gasteiger partial charge in [-0.15, -0.1) is 0 Å². The Balaban J connectivity index is 1.96. The van der Waals surface area contributed by atoms with Crippen molar-refractivity contribution in [2.75, 3.05) is 11.9 Å². The minimum Gasteiger partial charge on any atom is -0.393 e. The van der Waals surface area contributed by atoms with Gasteiger partial charge in [-0.3, -0.25) is 4.79 Å². The highest BCUT2D eigenvalue weighted by Gasteiger charge is 2.25. The lowest BCUT2D eigenvalue weighted by Gasteiger charge is -2.10. The van der Waals surface area contributed by atoms with E-state index in [1.165, 1.54) is 0 Å². The molecule has 1 atom stereocenters. The number of aliphatic hydroxyl groups is 1. The first-order valence-corrected chi connectivity index (χ1v) is 6.21. The molecule has 0 aromatic carbocycles. The highest BCUT2D eigenvalue weighted by Crippen LogP contribution is 2.33. The van der Waals surface area contributed by atoms with Gasteiger partial charge in [0.1, 0.15) is 0 Å². The second-order valence-corrected chi connectivity index (χ2v) is 4.50. The van der Waals surface area contributed by atoms with Crippen LogP contribution in [0.4, 0.5) is 5.82 Å². The van der Waals surface area contributed by atoms with Gasteiger partial charge in [-0.05, 0) is 25.7 Å². The van der Waals surface area contributed by atoms with Gasteiger partial charge >= 0.3 is 0 Å². The Bertz CT molecular complexity index is 426. The molecule has 17 heavy (non-hydrogen) atoms. The molecule has 1 unspecified atom stereocenters. The predicted octanol–water partition coefficient (Wildman–Crippen LogP) is 1.15. The van der Waals surface area contributed by atoms with E-state index >= 15 is 0 Å². The fraction of sp³-hybridized carbons (Fsp3) is 0.667. The molecule has 0 amide bonds. The number of anilines is 1. The van der Waals surface area contributed by atoms with E-state index in [9.17, 15) is 9.90 Å². The second kappa shape index (κ2) is 5.31. The molecule has 1 heterocycles. The van der Waals surface area contributed by atoms with E-state index in [2.05, 4.69) is 10.3 Å². The average Bonchev–Trinajstić information content (AvgIpc) is 3.15. The number of nitrogens with one attached hydrogen (secondary N) is 1. The molecular weight excluding hydrogens is 218 g/mol. The fourth-order valence-corrected chi connectivity index (χ4v) is 1.75. The first-order valence-electron chi connectivity index (χ1n) is 6.21. The summed E-state index contributed by atoms with van der Waals surface area (Å²) in [6.07, 6.45) is 6.61. The monoisotopic (exact) mass is 237 g/mol. The second-order valence-electron chi connectivity index (χ2n) is 4.50. The van der Waals surface area contributed by atoms with Crippen LogP contribution in [0.15, 0.2) is 17.2 Å². The first kappa shape index (κ1) is 12.1. The van der Waals surface area contributed by atoms with Crippen LogP contribution >= 0.6 is 0 Å². The summed E-state index contributed by atoms with van der Waals surface area (Å²) >= 11 is 0. The highest BCUT2D eigenvalue weighted by atomic mass is 16.3. The van der Waals surface area contributed by atoms with Crippen molar-refractivity contribution < 1.29 is 5.11 Å². The van der Waals surface area contributed by atoms with Crippen LogP contribution < -0.4 is 10.9 Å². The van der Waals surface area contributed by atoms with Crippen LogP contribution in [0, 0.1) is 0 Å². The lowest BCUT2D eigenvalue weighted by Crippen LogP contribution is -2.25. The molecule has 1 aromatic heterocycles. The van der Waals surface area contributed by atoms with E-state index in [1.807, 2.05) is 6.92 Å². The number of nitrogens with zero attached hydrogens (tertiary/aromatic N) is 2. The maximum Gasteiger partial charge on any atom is 0.293 e. The van der Waals surface area contributed by atoms with Crippen molar-refractivity contribution in [2.45, 2.75) is 44.8 Å². The number of hydrogen-bond acceptors (Lipinski definition) is 4. The van der Waals surface area contributed by atoms with Crippen LogP contribution in [0.3, 0.4) is 0 Å². The Labute approximate surface area is 100 Å². The van der Waals surface area contributed by atoms with E-state index in [1.54, 1.807) is 17.0 Å². The van der Waals surface area contributed by atoms with E-state index in [0.717, 1.165) is 19.3 Å². The first-order chi connectivity index (χ1) is 8.22. The van der Waals surface area contributed by atoms with E-state index in [-0.39, 0.29) is 11.7 Å². The lowest BCUT2D eigenvalue weighted by atomic mass is 10.2. The number of rotatable bonds is 6. The zero-order valence-electron chi connectivity index (χ0n) is 10.1. The minimum atomic E-state index is -0.308. The van der Waals surface area contributed by atoms with Crippen molar-refractivity contribution in [2.24, 2.45) is 0 Å². The lowest BCUT2D eigenvalue weighted by molar-refractivity contribution is 0.164. The van der Waals surface area contributed by atoms with Gasteiger partial charge in [0.15, 0.2) is 5.82 Å². The molecule has 0 radical (unpaired) electrons. The molecule has 1 aromatic rings. The summed E-state index contributed by atoms with van der Waals surface area (Å²) in [5.74, 6) is 0.391. The predicted molar refractivity (Wildman–Crippen MR) is 66.2 cm³/mol. The Morgan fingerprint density at radius 3 is 3.06 bits per heavy atom. The number of hydrogen-bond donors (Lipinski definition) is 2. The Morgan fingerprint density at radius 1 is 1.65 bits per heavy atom. The summed E-state index contributed by atoms with van der Waals surface area (Å²) in [4.78, 5) is 16.0. The van der Waals surface area contributed by atoms with Gasteiger partial charge in [0.2, 0.25) is 0 Å². The third kappa shape index (κ3) is 3.06. The Hall–Kier alpha value is -1.36. The molecule has 0 bridgehead atoms. The van der Waals surface area contributed by atoms with Crippen LogP contribution in [0.1, 0.15) is 38.6 Å². The van der Waals surface area contributed by atoms with Crippen LogP contribution in [-0.2, 0) is 0 Å². The fourth-order valence-electron chi connectivity index (χ4n) is 1.75. The maximum absolute atomic E-state index is 12.0. The minimum absolute atomic E-state index is 0.0546. The van der Waals surface area contributed by atoms with E-state index in [4.69, 9.17) is 0 Å². The molecule has 1 aliphatic rings. The molecule has 5 heteroatoms. The summed E-state index contributed by atoms with van der Waals surface area (Å²) in [7, 11) is 0. The molecule has 0 saturated heterocycles. The third-order valence-electron chi connectivity index (χ3n) is 3.05. The zero-order valence-corrected chi connectivity index (χ0v) is 10.1. The Morgan fingerprint density at radius 2 is 2.41 bits per heavy atom.